The molecule has 1 unspecified atom stereocenters. The first kappa shape index (κ1) is 22.9. The second kappa shape index (κ2) is 16.0. The van der Waals surface area contributed by atoms with E-state index in [1.54, 1.807) is 6.08 Å². The minimum atomic E-state index is -0.816. The second-order valence-corrected chi connectivity index (χ2v) is 7.07. The van der Waals surface area contributed by atoms with Crippen LogP contribution >= 0.6 is 0 Å². The highest BCUT2D eigenvalue weighted by Crippen LogP contribution is 2.26. The molecule has 1 aliphatic rings. The summed E-state index contributed by atoms with van der Waals surface area (Å²) in [6.45, 7) is 12.3. The fraction of sp³-hybridized carbons (Fsp3) is 0.778. The van der Waals surface area contributed by atoms with E-state index >= 15 is 0 Å². The van der Waals surface area contributed by atoms with Crippen molar-refractivity contribution >= 4 is 10.8 Å². The Morgan fingerprint density at radius 3 is 2.24 bits per heavy atom. The Bertz CT molecular complexity index is 297. The molecular weight excluding hydrogens is 278 g/mol. The van der Waals surface area contributed by atoms with Crippen molar-refractivity contribution in [1.82, 2.24) is 0 Å². The van der Waals surface area contributed by atoms with Crippen molar-refractivity contribution in [1.29, 1.82) is 0 Å². The van der Waals surface area contributed by atoms with Gasteiger partial charge in [0.2, 0.25) is 0 Å². The van der Waals surface area contributed by atoms with Crippen LogP contribution in [-0.2, 0) is 10.8 Å². The van der Waals surface area contributed by atoms with Crippen LogP contribution < -0.4 is 5.73 Å². The molecule has 2 N–H and O–H groups in total. The molecule has 0 spiro atoms. The maximum atomic E-state index is 12.4. The minimum Gasteiger partial charge on any atom is -0.333 e. The highest BCUT2D eigenvalue weighted by atomic mass is 32.2. The minimum absolute atomic E-state index is 0. The molecule has 21 heavy (non-hydrogen) atoms. The van der Waals surface area contributed by atoms with Crippen LogP contribution in [0.4, 0.5) is 0 Å². The zero-order valence-corrected chi connectivity index (χ0v) is 15.7. The van der Waals surface area contributed by atoms with Gasteiger partial charge < -0.3 is 5.73 Å². The SMILES string of the molecule is C=C/C(=C\CCC(C)C)S(=O)C1CCCCC1.CC.CN.[HH]. The van der Waals surface area contributed by atoms with Crippen LogP contribution in [-0.4, -0.2) is 16.5 Å². The van der Waals surface area contributed by atoms with Gasteiger partial charge >= 0.3 is 0 Å². The van der Waals surface area contributed by atoms with Crippen molar-refractivity contribution in [3.05, 3.63) is 23.6 Å². The molecular formula is C18H39NOS. The lowest BCUT2D eigenvalue weighted by atomic mass is 10.0. The largest absolute Gasteiger partial charge is 0.333 e. The fourth-order valence-corrected chi connectivity index (χ4v) is 3.87. The lowest BCUT2D eigenvalue weighted by Gasteiger charge is -2.21. The molecule has 2 nitrogen and oxygen atoms in total. The first-order valence-electron chi connectivity index (χ1n) is 8.46. The summed E-state index contributed by atoms with van der Waals surface area (Å²) in [4.78, 5) is 0.970. The molecule has 1 rings (SSSR count). The van der Waals surface area contributed by atoms with Crippen molar-refractivity contribution in [3.8, 4) is 0 Å². The van der Waals surface area contributed by atoms with E-state index in [1.165, 1.54) is 32.7 Å². The smallest absolute Gasteiger partial charge is 0.0557 e. The highest BCUT2D eigenvalue weighted by molar-refractivity contribution is 7.89. The number of allylic oxidation sites excluding steroid dienone is 2. The van der Waals surface area contributed by atoms with E-state index in [4.69, 9.17) is 0 Å². The molecule has 0 aliphatic heterocycles. The molecule has 1 fully saturated rings. The Morgan fingerprint density at radius 2 is 1.81 bits per heavy atom. The predicted octanol–water partition coefficient (Wildman–Crippen LogP) is 5.42. The summed E-state index contributed by atoms with van der Waals surface area (Å²) >= 11 is 0. The van der Waals surface area contributed by atoms with Crippen LogP contribution in [0.5, 0.6) is 0 Å². The molecule has 0 saturated heterocycles. The third-order valence-corrected chi connectivity index (χ3v) is 5.25. The quantitative estimate of drug-likeness (QED) is 0.665. The van der Waals surface area contributed by atoms with Crippen LogP contribution in [0.1, 0.15) is 74.1 Å². The fourth-order valence-electron chi connectivity index (χ4n) is 2.28. The summed E-state index contributed by atoms with van der Waals surface area (Å²) in [5.74, 6) is 0.709. The van der Waals surface area contributed by atoms with Gasteiger partial charge in [-0.15, -0.1) is 0 Å². The zero-order valence-electron chi connectivity index (χ0n) is 14.9. The van der Waals surface area contributed by atoms with Gasteiger partial charge in [-0.3, -0.25) is 4.21 Å². The third-order valence-electron chi connectivity index (χ3n) is 3.38. The molecule has 0 aromatic heterocycles. The van der Waals surface area contributed by atoms with Gasteiger partial charge in [0.25, 0.3) is 0 Å². The van der Waals surface area contributed by atoms with Crippen molar-refractivity contribution in [2.75, 3.05) is 7.05 Å². The van der Waals surface area contributed by atoms with E-state index in [9.17, 15) is 4.21 Å². The Labute approximate surface area is 137 Å². The summed E-state index contributed by atoms with van der Waals surface area (Å²) in [6, 6.07) is 0. The lowest BCUT2D eigenvalue weighted by molar-refractivity contribution is 0.506. The summed E-state index contributed by atoms with van der Waals surface area (Å²) in [5, 5.41) is 0.382. The molecule has 0 aromatic rings. The molecule has 1 saturated carbocycles. The molecule has 128 valence electrons. The van der Waals surface area contributed by atoms with Gasteiger partial charge in [-0.1, -0.05) is 65.7 Å². The summed E-state index contributed by atoms with van der Waals surface area (Å²) < 4.78 is 12.4. The maximum Gasteiger partial charge on any atom is 0.0557 e. The van der Waals surface area contributed by atoms with Crippen LogP contribution in [0, 0.1) is 5.92 Å². The average Bonchev–Trinajstić information content (AvgIpc) is 2.55. The van der Waals surface area contributed by atoms with E-state index in [-0.39, 0.29) is 1.43 Å². The molecule has 0 aromatic carbocycles. The molecule has 0 bridgehead atoms. The molecule has 1 atom stereocenters. The molecule has 0 heterocycles. The number of hydrogen-bond acceptors (Lipinski definition) is 2. The van der Waals surface area contributed by atoms with Crippen LogP contribution in [0.25, 0.3) is 0 Å². The standard InChI is InChI=1S/C15H26OS.C2H6.CH5N.H2/c1-4-14(12-8-9-13(2)3)17(16)15-10-6-5-7-11-15;2*1-2;/h4,12-13,15H,1,5-11H2,2-3H3;1-2H3;2H2,1H3;1H/b14-12+;;;. The Kier molecular flexibility index (Phi) is 17.4. The maximum absolute atomic E-state index is 12.4. The Balaban J connectivity index is -0.000000665. The molecule has 1 aliphatic carbocycles. The van der Waals surface area contributed by atoms with E-state index < -0.39 is 10.8 Å². The topological polar surface area (TPSA) is 43.1 Å². The summed E-state index contributed by atoms with van der Waals surface area (Å²) in [5.41, 5.74) is 4.50. The lowest BCUT2D eigenvalue weighted by Crippen LogP contribution is -2.19. The first-order chi connectivity index (χ1) is 10.1. The van der Waals surface area contributed by atoms with Crippen LogP contribution in [0.15, 0.2) is 23.6 Å². The van der Waals surface area contributed by atoms with E-state index in [1.807, 2.05) is 13.8 Å². The Hall–Kier alpha value is -0.410. The van der Waals surface area contributed by atoms with Gasteiger partial charge in [-0.05, 0) is 38.6 Å². The number of hydrogen-bond donors (Lipinski definition) is 1. The van der Waals surface area contributed by atoms with Crippen LogP contribution in [0.3, 0.4) is 0 Å². The van der Waals surface area contributed by atoms with Gasteiger partial charge in [0.05, 0.1) is 10.8 Å². The van der Waals surface area contributed by atoms with Gasteiger partial charge in [-0.25, -0.2) is 0 Å². The van der Waals surface area contributed by atoms with Crippen molar-refractivity contribution < 1.29 is 5.64 Å². The normalized spacial score (nSPS) is 17.2. The van der Waals surface area contributed by atoms with Gasteiger partial charge in [0.1, 0.15) is 0 Å². The second-order valence-electron chi connectivity index (χ2n) is 5.34. The number of rotatable bonds is 6. The zero-order chi connectivity index (χ0) is 16.7. The summed E-state index contributed by atoms with van der Waals surface area (Å²) in [7, 11) is 0.684. The summed E-state index contributed by atoms with van der Waals surface area (Å²) in [6.07, 6.45) is 12.2. The third kappa shape index (κ3) is 10.9. The molecule has 3 heteroatoms. The monoisotopic (exact) mass is 317 g/mol. The van der Waals surface area contributed by atoms with Gasteiger partial charge in [0.15, 0.2) is 0 Å². The Morgan fingerprint density at radius 1 is 1.29 bits per heavy atom. The van der Waals surface area contributed by atoms with Crippen molar-refractivity contribution in [3.63, 3.8) is 0 Å². The van der Waals surface area contributed by atoms with E-state index in [2.05, 4.69) is 32.2 Å². The predicted molar refractivity (Wildman–Crippen MR) is 101 cm³/mol. The first-order valence-corrected chi connectivity index (χ1v) is 9.67. The van der Waals surface area contributed by atoms with Crippen LogP contribution in [0.2, 0.25) is 0 Å². The highest BCUT2D eigenvalue weighted by Gasteiger charge is 2.21. The van der Waals surface area contributed by atoms with Gasteiger partial charge in [-0.2, -0.15) is 0 Å². The molecule has 0 radical (unpaired) electrons. The molecule has 0 amide bonds. The van der Waals surface area contributed by atoms with E-state index in [0.29, 0.717) is 11.2 Å². The van der Waals surface area contributed by atoms with Crippen molar-refractivity contribution in [2.45, 2.75) is 77.9 Å². The van der Waals surface area contributed by atoms with E-state index in [0.717, 1.165) is 24.2 Å². The van der Waals surface area contributed by atoms with Crippen molar-refractivity contribution in [2.24, 2.45) is 11.7 Å². The van der Waals surface area contributed by atoms with Gasteiger partial charge in [0, 0.05) is 11.6 Å². The average molecular weight is 318 g/mol. The number of nitrogens with two attached hydrogens (primary N) is 1.